The summed E-state index contributed by atoms with van der Waals surface area (Å²) in [4.78, 5) is 10.9. The lowest BCUT2D eigenvalue weighted by atomic mass is 10.1. The lowest BCUT2D eigenvalue weighted by Gasteiger charge is -2.16. The fraction of sp³-hybridized carbons (Fsp3) is 0.667. The number of ether oxygens (including phenoxy) is 1. The number of hydrogen-bond donors (Lipinski definition) is 0. The topological polar surface area (TPSA) is 38.2 Å². The molecule has 1 aromatic heterocycles. The first-order chi connectivity index (χ1) is 7.79. The number of nitrogens with zero attached hydrogens (tertiary/aromatic N) is 3. The SMILES string of the molecule is CCOCC1CCN(c2ncc(C)cn2)C1. The van der Waals surface area contributed by atoms with Gasteiger partial charge in [0.25, 0.3) is 0 Å². The molecule has 0 amide bonds. The maximum absolute atomic E-state index is 5.45. The Morgan fingerprint density at radius 2 is 2.19 bits per heavy atom. The third-order valence-electron chi connectivity index (χ3n) is 2.89. The summed E-state index contributed by atoms with van der Waals surface area (Å²) in [6.07, 6.45) is 4.92. The maximum atomic E-state index is 5.45. The van der Waals surface area contributed by atoms with Crippen LogP contribution in [0.3, 0.4) is 0 Å². The van der Waals surface area contributed by atoms with E-state index in [2.05, 4.69) is 14.9 Å². The van der Waals surface area contributed by atoms with Crippen LogP contribution in [0.2, 0.25) is 0 Å². The summed E-state index contributed by atoms with van der Waals surface area (Å²) in [6, 6.07) is 0. The molecule has 1 aliphatic rings. The third kappa shape index (κ3) is 2.70. The van der Waals surface area contributed by atoms with Gasteiger partial charge in [-0.2, -0.15) is 0 Å². The molecule has 0 spiro atoms. The van der Waals surface area contributed by atoms with E-state index < -0.39 is 0 Å². The van der Waals surface area contributed by atoms with Gasteiger partial charge in [0.15, 0.2) is 0 Å². The first-order valence-electron chi connectivity index (χ1n) is 5.91. The van der Waals surface area contributed by atoms with E-state index in [0.29, 0.717) is 5.92 Å². The van der Waals surface area contributed by atoms with E-state index in [9.17, 15) is 0 Å². The molecule has 1 aromatic rings. The average Bonchev–Trinajstić information content (AvgIpc) is 2.76. The molecule has 1 aliphatic heterocycles. The zero-order chi connectivity index (χ0) is 11.4. The van der Waals surface area contributed by atoms with E-state index in [4.69, 9.17) is 4.74 Å². The minimum atomic E-state index is 0.629. The van der Waals surface area contributed by atoms with Crippen molar-refractivity contribution in [3.05, 3.63) is 18.0 Å². The highest BCUT2D eigenvalue weighted by atomic mass is 16.5. The molecule has 1 saturated heterocycles. The summed E-state index contributed by atoms with van der Waals surface area (Å²) in [5.41, 5.74) is 1.11. The summed E-state index contributed by atoms with van der Waals surface area (Å²) < 4.78 is 5.45. The van der Waals surface area contributed by atoms with Crippen LogP contribution < -0.4 is 4.90 Å². The molecule has 1 atom stereocenters. The molecule has 0 saturated carbocycles. The van der Waals surface area contributed by atoms with Crippen LogP contribution in [0.1, 0.15) is 18.9 Å². The first-order valence-corrected chi connectivity index (χ1v) is 5.91. The molecule has 1 unspecified atom stereocenters. The van der Waals surface area contributed by atoms with Crippen LogP contribution >= 0.6 is 0 Å². The Kier molecular flexibility index (Phi) is 3.72. The van der Waals surface area contributed by atoms with Gasteiger partial charge < -0.3 is 9.64 Å². The summed E-state index contributed by atoms with van der Waals surface area (Å²) >= 11 is 0. The van der Waals surface area contributed by atoms with Gasteiger partial charge in [-0.15, -0.1) is 0 Å². The van der Waals surface area contributed by atoms with Gasteiger partial charge in [-0.3, -0.25) is 0 Å². The molecule has 0 radical (unpaired) electrons. The highest BCUT2D eigenvalue weighted by molar-refractivity contribution is 5.31. The van der Waals surface area contributed by atoms with Crippen molar-refractivity contribution in [3.63, 3.8) is 0 Å². The smallest absolute Gasteiger partial charge is 0.225 e. The standard InChI is InChI=1S/C12H19N3O/c1-3-16-9-11-4-5-15(8-11)12-13-6-10(2)7-14-12/h6-7,11H,3-5,8-9H2,1-2H3. The van der Waals surface area contributed by atoms with Gasteiger partial charge in [-0.25, -0.2) is 9.97 Å². The minimum Gasteiger partial charge on any atom is -0.381 e. The largest absolute Gasteiger partial charge is 0.381 e. The Labute approximate surface area is 96.7 Å². The van der Waals surface area contributed by atoms with E-state index in [1.807, 2.05) is 26.2 Å². The summed E-state index contributed by atoms with van der Waals surface area (Å²) in [7, 11) is 0. The summed E-state index contributed by atoms with van der Waals surface area (Å²) in [5.74, 6) is 1.48. The van der Waals surface area contributed by atoms with Crippen molar-refractivity contribution >= 4 is 5.95 Å². The minimum absolute atomic E-state index is 0.629. The van der Waals surface area contributed by atoms with Crippen LogP contribution in [0.5, 0.6) is 0 Å². The lowest BCUT2D eigenvalue weighted by Crippen LogP contribution is -2.23. The molecule has 4 nitrogen and oxygen atoms in total. The molecule has 0 N–H and O–H groups in total. The van der Waals surface area contributed by atoms with E-state index in [1.54, 1.807) is 0 Å². The van der Waals surface area contributed by atoms with Crippen molar-refractivity contribution in [1.29, 1.82) is 0 Å². The Hall–Kier alpha value is -1.16. The number of aromatic nitrogens is 2. The predicted octanol–water partition coefficient (Wildman–Crippen LogP) is 1.65. The summed E-state index contributed by atoms with van der Waals surface area (Å²) in [6.45, 7) is 7.77. The van der Waals surface area contributed by atoms with Crippen molar-refractivity contribution in [1.82, 2.24) is 9.97 Å². The van der Waals surface area contributed by atoms with Gasteiger partial charge in [-0.05, 0) is 25.8 Å². The van der Waals surface area contributed by atoms with Gasteiger partial charge in [0.05, 0.1) is 6.61 Å². The predicted molar refractivity (Wildman–Crippen MR) is 63.6 cm³/mol. The Morgan fingerprint density at radius 3 is 2.88 bits per heavy atom. The van der Waals surface area contributed by atoms with E-state index in [1.165, 1.54) is 6.42 Å². The van der Waals surface area contributed by atoms with Crippen LogP contribution in [0, 0.1) is 12.8 Å². The van der Waals surface area contributed by atoms with Gasteiger partial charge in [-0.1, -0.05) is 0 Å². The molecular formula is C12H19N3O. The van der Waals surface area contributed by atoms with Gasteiger partial charge in [0.2, 0.25) is 5.95 Å². The van der Waals surface area contributed by atoms with Gasteiger partial charge in [0.1, 0.15) is 0 Å². The molecule has 2 rings (SSSR count). The third-order valence-corrected chi connectivity index (χ3v) is 2.89. The average molecular weight is 221 g/mol. The van der Waals surface area contributed by atoms with Crippen molar-refractivity contribution in [3.8, 4) is 0 Å². The Bertz CT molecular complexity index is 326. The van der Waals surface area contributed by atoms with Crippen molar-refractivity contribution in [2.45, 2.75) is 20.3 Å². The fourth-order valence-corrected chi connectivity index (χ4v) is 1.98. The zero-order valence-electron chi connectivity index (χ0n) is 10.0. The molecule has 16 heavy (non-hydrogen) atoms. The molecule has 4 heteroatoms. The molecule has 0 aromatic carbocycles. The number of anilines is 1. The second kappa shape index (κ2) is 5.25. The van der Waals surface area contributed by atoms with Crippen molar-refractivity contribution in [2.24, 2.45) is 5.92 Å². The molecule has 1 fully saturated rings. The van der Waals surface area contributed by atoms with E-state index in [0.717, 1.165) is 37.8 Å². The zero-order valence-corrected chi connectivity index (χ0v) is 10.0. The second-order valence-corrected chi connectivity index (χ2v) is 4.32. The van der Waals surface area contributed by atoms with Crippen LogP contribution in [0.15, 0.2) is 12.4 Å². The van der Waals surface area contributed by atoms with Gasteiger partial charge >= 0.3 is 0 Å². The molecule has 0 aliphatic carbocycles. The highest BCUT2D eigenvalue weighted by Gasteiger charge is 2.24. The molecular weight excluding hydrogens is 202 g/mol. The number of rotatable bonds is 4. The van der Waals surface area contributed by atoms with Gasteiger partial charge in [0, 0.05) is 38.0 Å². The molecule has 0 bridgehead atoms. The fourth-order valence-electron chi connectivity index (χ4n) is 1.98. The maximum Gasteiger partial charge on any atom is 0.225 e. The van der Waals surface area contributed by atoms with E-state index >= 15 is 0 Å². The molecule has 88 valence electrons. The summed E-state index contributed by atoms with van der Waals surface area (Å²) in [5, 5.41) is 0. The van der Waals surface area contributed by atoms with Crippen molar-refractivity contribution in [2.75, 3.05) is 31.2 Å². The lowest BCUT2D eigenvalue weighted by molar-refractivity contribution is 0.117. The normalized spacial score (nSPS) is 20.4. The Balaban J connectivity index is 1.90. The quantitative estimate of drug-likeness (QED) is 0.775. The first kappa shape index (κ1) is 11.3. The number of hydrogen-bond acceptors (Lipinski definition) is 4. The number of aryl methyl sites for hydroxylation is 1. The van der Waals surface area contributed by atoms with Crippen LogP contribution in [-0.2, 0) is 4.74 Å². The van der Waals surface area contributed by atoms with Crippen LogP contribution in [0.4, 0.5) is 5.95 Å². The van der Waals surface area contributed by atoms with Crippen LogP contribution in [0.25, 0.3) is 0 Å². The van der Waals surface area contributed by atoms with Crippen LogP contribution in [-0.4, -0.2) is 36.3 Å². The van der Waals surface area contributed by atoms with E-state index in [-0.39, 0.29) is 0 Å². The highest BCUT2D eigenvalue weighted by Crippen LogP contribution is 2.20. The Morgan fingerprint density at radius 1 is 1.44 bits per heavy atom. The van der Waals surface area contributed by atoms with Crippen molar-refractivity contribution < 1.29 is 4.74 Å². The monoisotopic (exact) mass is 221 g/mol. The second-order valence-electron chi connectivity index (χ2n) is 4.32. The molecule has 2 heterocycles.